The molecule has 3 aromatic carbocycles. The van der Waals surface area contributed by atoms with Crippen LogP contribution in [0.5, 0.6) is 0 Å². The van der Waals surface area contributed by atoms with Crippen molar-refractivity contribution in [3.63, 3.8) is 0 Å². The van der Waals surface area contributed by atoms with Crippen molar-refractivity contribution in [1.29, 1.82) is 0 Å². The third-order valence-corrected chi connectivity index (χ3v) is 5.15. The van der Waals surface area contributed by atoms with Crippen molar-refractivity contribution in [2.24, 2.45) is 0 Å². The summed E-state index contributed by atoms with van der Waals surface area (Å²) >= 11 is 18.8. The second kappa shape index (κ2) is 6.42. The maximum atomic E-state index is 6.35. The van der Waals surface area contributed by atoms with Gasteiger partial charge in [0.25, 0.3) is 0 Å². The van der Waals surface area contributed by atoms with Gasteiger partial charge in [-0.2, -0.15) is 0 Å². The van der Waals surface area contributed by atoms with E-state index in [0.29, 0.717) is 20.8 Å². The number of hydrogen-bond donors (Lipinski definition) is 0. The van der Waals surface area contributed by atoms with Crippen LogP contribution in [0.25, 0.3) is 33.4 Å². The van der Waals surface area contributed by atoms with Gasteiger partial charge in [-0.3, -0.25) is 0 Å². The highest BCUT2D eigenvalue weighted by molar-refractivity contribution is 6.39. The van der Waals surface area contributed by atoms with Crippen molar-refractivity contribution in [3.8, 4) is 22.5 Å². The standard InChI is InChI=1S/C21H13Cl3O/c1-12-16-9-8-14(13-4-2-5-15(22)10-13)11-19(16)25-21(12)20-17(23)6-3-7-18(20)24/h2-11H,1H3. The van der Waals surface area contributed by atoms with Crippen LogP contribution >= 0.6 is 34.8 Å². The molecule has 0 aliphatic heterocycles. The lowest BCUT2D eigenvalue weighted by atomic mass is 10.0. The molecule has 0 bridgehead atoms. The van der Waals surface area contributed by atoms with Crippen LogP contribution in [-0.4, -0.2) is 0 Å². The zero-order chi connectivity index (χ0) is 17.6. The van der Waals surface area contributed by atoms with E-state index in [4.69, 9.17) is 39.2 Å². The summed E-state index contributed by atoms with van der Waals surface area (Å²) in [6.45, 7) is 2.01. The third kappa shape index (κ3) is 2.93. The molecule has 0 unspecified atom stereocenters. The molecule has 124 valence electrons. The summed E-state index contributed by atoms with van der Waals surface area (Å²) in [4.78, 5) is 0. The van der Waals surface area contributed by atoms with Gasteiger partial charge in [0.05, 0.1) is 15.6 Å². The van der Waals surface area contributed by atoms with Gasteiger partial charge in [0.2, 0.25) is 0 Å². The van der Waals surface area contributed by atoms with Crippen LogP contribution in [0.2, 0.25) is 15.1 Å². The van der Waals surface area contributed by atoms with Crippen LogP contribution < -0.4 is 0 Å². The number of halogens is 3. The highest BCUT2D eigenvalue weighted by Gasteiger charge is 2.18. The Balaban J connectivity index is 1.91. The molecule has 0 amide bonds. The van der Waals surface area contributed by atoms with Gasteiger partial charge in [-0.25, -0.2) is 0 Å². The molecule has 0 N–H and O–H groups in total. The molecule has 1 heterocycles. The van der Waals surface area contributed by atoms with Gasteiger partial charge in [0.1, 0.15) is 11.3 Å². The van der Waals surface area contributed by atoms with Gasteiger partial charge < -0.3 is 4.42 Å². The number of hydrogen-bond acceptors (Lipinski definition) is 1. The fourth-order valence-corrected chi connectivity index (χ4v) is 3.79. The molecule has 0 radical (unpaired) electrons. The van der Waals surface area contributed by atoms with Crippen LogP contribution in [-0.2, 0) is 0 Å². The first-order chi connectivity index (χ1) is 12.0. The van der Waals surface area contributed by atoms with Gasteiger partial charge in [0, 0.05) is 16.0 Å². The summed E-state index contributed by atoms with van der Waals surface area (Å²) in [6, 6.07) is 19.3. The molecular weight excluding hydrogens is 375 g/mol. The topological polar surface area (TPSA) is 13.1 Å². The molecule has 1 aromatic heterocycles. The Morgan fingerprint density at radius 2 is 1.44 bits per heavy atom. The minimum absolute atomic E-state index is 0.574. The van der Waals surface area contributed by atoms with Crippen molar-refractivity contribution in [2.45, 2.75) is 6.92 Å². The molecule has 0 aliphatic rings. The molecule has 0 saturated heterocycles. The summed E-state index contributed by atoms with van der Waals surface area (Å²) in [6.07, 6.45) is 0. The van der Waals surface area contributed by atoms with Crippen LogP contribution in [0.15, 0.2) is 65.1 Å². The quantitative estimate of drug-likeness (QED) is 0.339. The molecule has 0 aliphatic carbocycles. The number of fused-ring (bicyclic) bond motifs is 1. The van der Waals surface area contributed by atoms with Gasteiger partial charge >= 0.3 is 0 Å². The second-order valence-corrected chi connectivity index (χ2v) is 7.12. The molecule has 0 spiro atoms. The summed E-state index contributed by atoms with van der Waals surface area (Å²) in [5.41, 5.74) is 4.62. The van der Waals surface area contributed by atoms with E-state index < -0.39 is 0 Å². The molecule has 25 heavy (non-hydrogen) atoms. The molecule has 0 fully saturated rings. The normalized spacial score (nSPS) is 11.2. The van der Waals surface area contributed by atoms with E-state index in [1.54, 1.807) is 0 Å². The number of aryl methyl sites for hydroxylation is 1. The Morgan fingerprint density at radius 1 is 0.760 bits per heavy atom. The van der Waals surface area contributed by atoms with Crippen LogP contribution in [0, 0.1) is 6.92 Å². The van der Waals surface area contributed by atoms with Crippen LogP contribution in [0.1, 0.15) is 5.56 Å². The molecule has 0 atom stereocenters. The van der Waals surface area contributed by atoms with E-state index >= 15 is 0 Å². The fraction of sp³-hybridized carbons (Fsp3) is 0.0476. The van der Waals surface area contributed by atoms with Crippen molar-refractivity contribution >= 4 is 45.8 Å². The number of benzene rings is 3. The Morgan fingerprint density at radius 3 is 2.16 bits per heavy atom. The zero-order valence-electron chi connectivity index (χ0n) is 13.3. The fourth-order valence-electron chi connectivity index (χ4n) is 3.03. The zero-order valence-corrected chi connectivity index (χ0v) is 15.6. The predicted octanol–water partition coefficient (Wildman–Crippen LogP) is 8.04. The minimum atomic E-state index is 0.574. The van der Waals surface area contributed by atoms with Crippen molar-refractivity contribution in [1.82, 2.24) is 0 Å². The number of rotatable bonds is 2. The third-order valence-electron chi connectivity index (χ3n) is 4.29. The maximum Gasteiger partial charge on any atom is 0.141 e. The van der Waals surface area contributed by atoms with Gasteiger partial charge in [-0.1, -0.05) is 65.1 Å². The van der Waals surface area contributed by atoms with Crippen molar-refractivity contribution in [2.75, 3.05) is 0 Å². The van der Waals surface area contributed by atoms with Gasteiger partial charge in [0.15, 0.2) is 0 Å². The molecule has 4 aromatic rings. The first-order valence-corrected chi connectivity index (χ1v) is 8.91. The Bertz CT molecular complexity index is 1080. The van der Waals surface area contributed by atoms with E-state index in [-0.39, 0.29) is 0 Å². The van der Waals surface area contributed by atoms with E-state index in [9.17, 15) is 0 Å². The lowest BCUT2D eigenvalue weighted by Crippen LogP contribution is -1.81. The molecule has 4 rings (SSSR count). The minimum Gasteiger partial charge on any atom is -0.456 e. The van der Waals surface area contributed by atoms with E-state index in [1.807, 2.05) is 55.5 Å². The highest BCUT2D eigenvalue weighted by Crippen LogP contribution is 2.41. The van der Waals surface area contributed by atoms with E-state index in [2.05, 4.69) is 12.1 Å². The first-order valence-electron chi connectivity index (χ1n) is 7.78. The molecule has 1 nitrogen and oxygen atoms in total. The van der Waals surface area contributed by atoms with Crippen molar-refractivity contribution < 1.29 is 4.42 Å². The van der Waals surface area contributed by atoms with Crippen LogP contribution in [0.4, 0.5) is 0 Å². The van der Waals surface area contributed by atoms with Gasteiger partial charge in [-0.05, 0) is 48.4 Å². The average Bonchev–Trinajstić information content (AvgIpc) is 2.91. The second-order valence-electron chi connectivity index (χ2n) is 5.87. The largest absolute Gasteiger partial charge is 0.456 e. The maximum absolute atomic E-state index is 6.35. The lowest BCUT2D eigenvalue weighted by Gasteiger charge is -2.04. The monoisotopic (exact) mass is 386 g/mol. The first kappa shape index (κ1) is 16.5. The SMILES string of the molecule is Cc1c(-c2c(Cl)cccc2Cl)oc2cc(-c3cccc(Cl)c3)ccc12. The summed E-state index contributed by atoms with van der Waals surface area (Å²) in [7, 11) is 0. The Labute approximate surface area is 160 Å². The molecule has 4 heteroatoms. The Kier molecular flexibility index (Phi) is 4.24. The Hall–Kier alpha value is -1.93. The van der Waals surface area contributed by atoms with E-state index in [0.717, 1.165) is 33.2 Å². The summed E-state index contributed by atoms with van der Waals surface area (Å²) < 4.78 is 6.14. The highest BCUT2D eigenvalue weighted by atomic mass is 35.5. The predicted molar refractivity (Wildman–Crippen MR) is 107 cm³/mol. The van der Waals surface area contributed by atoms with Gasteiger partial charge in [-0.15, -0.1) is 0 Å². The summed E-state index contributed by atoms with van der Waals surface area (Å²) in [5.74, 6) is 0.703. The molecule has 0 saturated carbocycles. The lowest BCUT2D eigenvalue weighted by molar-refractivity contribution is 0.629. The van der Waals surface area contributed by atoms with Crippen LogP contribution in [0.3, 0.4) is 0 Å². The van der Waals surface area contributed by atoms with Crippen molar-refractivity contribution in [3.05, 3.63) is 81.3 Å². The number of furan rings is 1. The average molecular weight is 388 g/mol. The molecular formula is C21H13Cl3O. The summed E-state index contributed by atoms with van der Waals surface area (Å²) in [5, 5.41) is 2.89. The smallest absolute Gasteiger partial charge is 0.141 e. The van der Waals surface area contributed by atoms with E-state index in [1.165, 1.54) is 0 Å².